The van der Waals surface area contributed by atoms with E-state index in [1.807, 2.05) is 19.6 Å². The molecule has 1 fully saturated rings. The number of carbonyl (C=O) groups is 2. The highest BCUT2D eigenvalue weighted by molar-refractivity contribution is 6.81. The molecule has 0 aliphatic carbocycles. The summed E-state index contributed by atoms with van der Waals surface area (Å²) in [5.41, 5.74) is -0.448. The summed E-state index contributed by atoms with van der Waals surface area (Å²) in [5.74, 6) is -0.430. The third-order valence-corrected chi connectivity index (χ3v) is 18.9. The molecule has 2 heterocycles. The van der Waals surface area contributed by atoms with Gasteiger partial charge < -0.3 is 35.1 Å². The van der Waals surface area contributed by atoms with E-state index in [0.29, 0.717) is 23.3 Å². The van der Waals surface area contributed by atoms with E-state index in [-0.39, 0.29) is 23.5 Å². The first kappa shape index (κ1) is 36.9. The molecule has 1 aliphatic rings. The van der Waals surface area contributed by atoms with Crippen LogP contribution in [0.1, 0.15) is 72.6 Å². The van der Waals surface area contributed by atoms with Crippen molar-refractivity contribution < 1.29 is 44.7 Å². The van der Waals surface area contributed by atoms with Crippen molar-refractivity contribution in [3.8, 4) is 11.5 Å². The highest BCUT2D eigenvalue weighted by atomic mass is 28.5. The highest BCUT2D eigenvalue weighted by Crippen LogP contribution is 2.24. The summed E-state index contributed by atoms with van der Waals surface area (Å²) < 4.78 is 46.3. The van der Waals surface area contributed by atoms with Gasteiger partial charge in [-0.3, -0.25) is 0 Å². The minimum absolute atomic E-state index is 0.168. The molecule has 253 valence electrons. The van der Waals surface area contributed by atoms with E-state index in [1.165, 1.54) is 12.1 Å². The number of ether oxygens (including phenoxy) is 3. The summed E-state index contributed by atoms with van der Waals surface area (Å²) in [6, 6.07) is 13.7. The van der Waals surface area contributed by atoms with Crippen LogP contribution in [0.25, 0.3) is 11.0 Å². The number of carbonyl (C=O) groups excluding carboxylic acids is 2. The summed E-state index contributed by atoms with van der Waals surface area (Å²) in [5, 5.41) is 0.508. The molecule has 3 aromatic rings. The lowest BCUT2D eigenvalue weighted by Crippen LogP contribution is -2.52. The number of unbranched alkanes of at least 4 members (excludes halogenated alkanes) is 5. The van der Waals surface area contributed by atoms with Gasteiger partial charge in [-0.1, -0.05) is 39.0 Å². The SMILES string of the molecule is CCCCCCOC(=O)c1cc2ccc(OC(=O)c3ccc(OCCCCC[Si]4(C)O[Si](C)O[Si](C)O[Si](C)O4)cc3)cc2oc1=O. The van der Waals surface area contributed by atoms with Gasteiger partial charge in [0.05, 0.1) is 18.8 Å². The second kappa shape index (κ2) is 18.0. The quantitative estimate of drug-likeness (QED) is 0.0541. The van der Waals surface area contributed by atoms with Crippen LogP contribution in [0.5, 0.6) is 11.5 Å². The lowest BCUT2D eigenvalue weighted by atomic mass is 10.1. The van der Waals surface area contributed by atoms with E-state index in [2.05, 4.69) is 13.5 Å². The van der Waals surface area contributed by atoms with Crippen LogP contribution < -0.4 is 15.1 Å². The first-order chi connectivity index (χ1) is 22.5. The third kappa shape index (κ3) is 11.6. The Morgan fingerprint density at radius 3 is 2.13 bits per heavy atom. The number of esters is 2. The molecular weight excluding hydrogens is 673 g/mol. The molecule has 4 rings (SSSR count). The maximum absolute atomic E-state index is 12.8. The van der Waals surface area contributed by atoms with Gasteiger partial charge in [-0.15, -0.1) is 0 Å². The van der Waals surface area contributed by atoms with Crippen molar-refractivity contribution in [1.82, 2.24) is 0 Å². The number of hydrogen-bond acceptors (Lipinski definition) is 11. The van der Waals surface area contributed by atoms with Crippen LogP contribution in [0.2, 0.25) is 32.2 Å². The Morgan fingerprint density at radius 2 is 1.43 bits per heavy atom. The van der Waals surface area contributed by atoms with Crippen molar-refractivity contribution in [1.29, 1.82) is 0 Å². The van der Waals surface area contributed by atoms with Crippen LogP contribution >= 0.6 is 0 Å². The fraction of sp³-hybridized carbons (Fsp3) is 0.469. The summed E-state index contributed by atoms with van der Waals surface area (Å²) in [6.45, 7) is 11.0. The molecule has 47 heavy (non-hydrogen) atoms. The van der Waals surface area contributed by atoms with E-state index >= 15 is 0 Å². The summed E-state index contributed by atoms with van der Waals surface area (Å²) in [7, 11) is -6.38. The van der Waals surface area contributed by atoms with Crippen LogP contribution in [0.4, 0.5) is 0 Å². The zero-order valence-electron chi connectivity index (χ0n) is 27.7. The molecule has 0 N–H and O–H groups in total. The number of benzene rings is 2. The van der Waals surface area contributed by atoms with Gasteiger partial charge >= 0.3 is 54.0 Å². The second-order valence-corrected chi connectivity index (χ2v) is 20.4. The maximum atomic E-state index is 12.8. The van der Waals surface area contributed by atoms with E-state index in [1.54, 1.807) is 36.4 Å². The minimum Gasteiger partial charge on any atom is -0.494 e. The molecule has 2 aromatic carbocycles. The zero-order valence-corrected chi connectivity index (χ0v) is 31.7. The van der Waals surface area contributed by atoms with Crippen LogP contribution in [-0.4, -0.2) is 61.6 Å². The molecule has 3 radical (unpaired) electrons. The van der Waals surface area contributed by atoms with Crippen molar-refractivity contribution in [2.24, 2.45) is 0 Å². The molecule has 0 bridgehead atoms. The Bertz CT molecular complexity index is 1520. The summed E-state index contributed by atoms with van der Waals surface area (Å²) >= 11 is 0. The lowest BCUT2D eigenvalue weighted by Gasteiger charge is -2.35. The Hall–Kier alpha value is -2.90. The van der Waals surface area contributed by atoms with Gasteiger partial charge in [-0.25, -0.2) is 14.4 Å². The molecule has 0 saturated carbocycles. The van der Waals surface area contributed by atoms with Crippen LogP contribution in [-0.2, 0) is 21.2 Å². The van der Waals surface area contributed by atoms with Crippen LogP contribution in [0.3, 0.4) is 0 Å². The van der Waals surface area contributed by atoms with Crippen molar-refractivity contribution in [2.75, 3.05) is 13.2 Å². The average Bonchev–Trinajstić information content (AvgIpc) is 3.01. The summed E-state index contributed by atoms with van der Waals surface area (Å²) in [6.07, 6.45) is 6.65. The van der Waals surface area contributed by atoms with Gasteiger partial charge in [0.2, 0.25) is 0 Å². The Labute approximate surface area is 282 Å². The molecule has 1 aliphatic heterocycles. The molecular formula is C32H43O11Si4. The third-order valence-electron chi connectivity index (χ3n) is 7.30. The molecule has 0 atom stereocenters. The van der Waals surface area contributed by atoms with Crippen LogP contribution in [0.15, 0.2) is 57.7 Å². The minimum atomic E-state index is -2.34. The van der Waals surface area contributed by atoms with Gasteiger partial charge in [0.1, 0.15) is 22.6 Å². The van der Waals surface area contributed by atoms with Gasteiger partial charge in [-0.2, -0.15) is 0 Å². The first-order valence-corrected chi connectivity index (χ1v) is 24.0. The predicted octanol–water partition coefficient (Wildman–Crippen LogP) is 6.80. The molecule has 11 nitrogen and oxygen atoms in total. The van der Waals surface area contributed by atoms with E-state index in [0.717, 1.165) is 51.0 Å². The Kier molecular flexibility index (Phi) is 14.2. The Balaban J connectivity index is 1.21. The first-order valence-electron chi connectivity index (χ1n) is 16.0. The van der Waals surface area contributed by atoms with E-state index in [4.69, 9.17) is 35.1 Å². The van der Waals surface area contributed by atoms with Gasteiger partial charge in [0.25, 0.3) is 0 Å². The largest absolute Gasteiger partial charge is 0.494 e. The van der Waals surface area contributed by atoms with Crippen molar-refractivity contribution >= 4 is 59.3 Å². The molecule has 0 amide bonds. The zero-order chi connectivity index (χ0) is 33.8. The maximum Gasteiger partial charge on any atom is 0.362 e. The number of hydrogen-bond donors (Lipinski definition) is 0. The molecule has 0 spiro atoms. The van der Waals surface area contributed by atoms with Gasteiger partial charge in [-0.05, 0) is 87.5 Å². The molecule has 1 saturated heterocycles. The standard InChI is InChI=1S/C32H43O11Si4/c1-6-7-8-10-20-37-31(34)28-22-25-15-18-27(23-29(25)39-32(28)35)38-30(33)24-13-16-26(17-14-24)36-19-11-9-12-21-47(5)42-45(3)40-44(2)41-46(4)43-47/h13-18,22-23H,6-12,19-21H2,1-5H3. The highest BCUT2D eigenvalue weighted by Gasteiger charge is 2.40. The van der Waals surface area contributed by atoms with Crippen LogP contribution in [0, 0.1) is 0 Å². The average molecular weight is 716 g/mol. The number of rotatable bonds is 15. The van der Waals surface area contributed by atoms with Gasteiger partial charge in [0.15, 0.2) is 0 Å². The van der Waals surface area contributed by atoms with Crippen molar-refractivity contribution in [3.63, 3.8) is 0 Å². The number of fused-ring (bicyclic) bond motifs is 1. The molecule has 0 unspecified atom stereocenters. The van der Waals surface area contributed by atoms with Crippen molar-refractivity contribution in [2.45, 2.75) is 84.1 Å². The molecule has 15 heteroatoms. The smallest absolute Gasteiger partial charge is 0.362 e. The Morgan fingerprint density at radius 1 is 0.766 bits per heavy atom. The fourth-order valence-corrected chi connectivity index (χ4v) is 17.0. The lowest BCUT2D eigenvalue weighted by molar-refractivity contribution is 0.0493. The predicted molar refractivity (Wildman–Crippen MR) is 183 cm³/mol. The van der Waals surface area contributed by atoms with Crippen molar-refractivity contribution in [3.05, 3.63) is 70.1 Å². The summed E-state index contributed by atoms with van der Waals surface area (Å²) in [4.78, 5) is 37.6. The van der Waals surface area contributed by atoms with Gasteiger partial charge in [0, 0.05) is 11.5 Å². The second-order valence-electron chi connectivity index (χ2n) is 11.4. The molecule has 1 aromatic heterocycles. The van der Waals surface area contributed by atoms with E-state index in [9.17, 15) is 14.4 Å². The monoisotopic (exact) mass is 715 g/mol. The topological polar surface area (TPSA) is 129 Å². The van der Waals surface area contributed by atoms with E-state index < -0.39 is 54.0 Å². The fourth-order valence-electron chi connectivity index (χ4n) is 5.04. The normalized spacial score (nSPS) is 16.0.